The quantitative estimate of drug-likeness (QED) is 0.926. The maximum atomic E-state index is 12.4. The highest BCUT2D eigenvalue weighted by Crippen LogP contribution is 2.35. The van der Waals surface area contributed by atoms with Crippen LogP contribution in [0.5, 0.6) is 0 Å². The number of anilines is 1. The van der Waals surface area contributed by atoms with Crippen LogP contribution >= 0.6 is 0 Å². The Bertz CT molecular complexity index is 746. The lowest BCUT2D eigenvalue weighted by Crippen LogP contribution is -2.44. The van der Waals surface area contributed by atoms with E-state index in [9.17, 15) is 4.79 Å². The first kappa shape index (κ1) is 14.5. The van der Waals surface area contributed by atoms with Gasteiger partial charge in [0, 0.05) is 30.0 Å². The summed E-state index contributed by atoms with van der Waals surface area (Å²) in [7, 11) is 0. The maximum absolute atomic E-state index is 12.4. The van der Waals surface area contributed by atoms with Crippen molar-refractivity contribution in [3.8, 4) is 0 Å². The van der Waals surface area contributed by atoms with Gasteiger partial charge in [0.1, 0.15) is 5.60 Å². The molecule has 1 spiro atoms. The lowest BCUT2D eigenvalue weighted by molar-refractivity contribution is 0.0316. The number of rotatable bonds is 2. The van der Waals surface area contributed by atoms with Gasteiger partial charge in [-0.05, 0) is 45.1 Å². The Kier molecular flexibility index (Phi) is 3.30. The summed E-state index contributed by atoms with van der Waals surface area (Å²) in [4.78, 5) is 14.2. The van der Waals surface area contributed by atoms with Gasteiger partial charge in [-0.2, -0.15) is 5.10 Å². The Balaban J connectivity index is 1.68. The summed E-state index contributed by atoms with van der Waals surface area (Å²) < 4.78 is 7.74. The van der Waals surface area contributed by atoms with Crippen LogP contribution in [0.3, 0.4) is 0 Å². The van der Waals surface area contributed by atoms with E-state index in [4.69, 9.17) is 4.74 Å². The van der Waals surface area contributed by atoms with Crippen molar-refractivity contribution in [2.24, 2.45) is 0 Å². The van der Waals surface area contributed by atoms with E-state index < -0.39 is 0 Å². The summed E-state index contributed by atoms with van der Waals surface area (Å²) in [5, 5.41) is 8.85. The molecule has 4 rings (SSSR count). The molecule has 6 heteroatoms. The Hall–Kier alpha value is -2.08. The van der Waals surface area contributed by atoms with E-state index in [0.717, 1.165) is 42.5 Å². The van der Waals surface area contributed by atoms with Gasteiger partial charge in [-0.15, -0.1) is 0 Å². The van der Waals surface area contributed by atoms with E-state index in [2.05, 4.69) is 24.3 Å². The minimum absolute atomic E-state index is 0.234. The summed E-state index contributed by atoms with van der Waals surface area (Å²) in [6.45, 7) is 6.65. The molecular formula is C17H22N4O2. The van der Waals surface area contributed by atoms with Crippen LogP contribution in [-0.4, -0.2) is 41.1 Å². The zero-order chi connectivity index (χ0) is 16.0. The summed E-state index contributed by atoms with van der Waals surface area (Å²) in [6.07, 6.45) is 3.39. The van der Waals surface area contributed by atoms with E-state index in [1.807, 2.05) is 29.1 Å². The SMILES string of the molecule is CC(C)n1ncc2ccc(N3CC4(CCNCC4)OC3=O)cc21. The standard InChI is InChI=1S/C17H22N4O2/c1-12(2)21-15-9-14(4-3-13(15)10-19-21)20-11-17(23-16(20)22)5-7-18-8-6-17/h3-4,9-10,12,18H,5-8,11H2,1-2H3. The zero-order valence-electron chi connectivity index (χ0n) is 13.6. The van der Waals surface area contributed by atoms with Crippen LogP contribution in [0.1, 0.15) is 32.7 Å². The van der Waals surface area contributed by atoms with Crippen molar-refractivity contribution >= 4 is 22.7 Å². The topological polar surface area (TPSA) is 59.4 Å². The second-order valence-corrected chi connectivity index (χ2v) is 6.81. The predicted octanol–water partition coefficient (Wildman–Crippen LogP) is 2.70. The number of aromatic nitrogens is 2. The van der Waals surface area contributed by atoms with Gasteiger partial charge in [0.2, 0.25) is 0 Å². The van der Waals surface area contributed by atoms with Gasteiger partial charge in [0.25, 0.3) is 0 Å². The average molecular weight is 314 g/mol. The van der Waals surface area contributed by atoms with Crippen LogP contribution in [0.15, 0.2) is 24.4 Å². The van der Waals surface area contributed by atoms with E-state index in [-0.39, 0.29) is 17.7 Å². The molecule has 2 fully saturated rings. The van der Waals surface area contributed by atoms with Crippen LogP contribution < -0.4 is 10.2 Å². The van der Waals surface area contributed by atoms with Crippen molar-refractivity contribution in [2.75, 3.05) is 24.5 Å². The largest absolute Gasteiger partial charge is 0.441 e. The predicted molar refractivity (Wildman–Crippen MR) is 88.8 cm³/mol. The van der Waals surface area contributed by atoms with Crippen LogP contribution in [0, 0.1) is 0 Å². The first-order valence-electron chi connectivity index (χ1n) is 8.26. The molecular weight excluding hydrogens is 292 g/mol. The molecule has 2 aliphatic heterocycles. The molecule has 0 unspecified atom stereocenters. The minimum Gasteiger partial charge on any atom is -0.441 e. The van der Waals surface area contributed by atoms with Gasteiger partial charge in [0.15, 0.2) is 0 Å². The fraction of sp³-hybridized carbons (Fsp3) is 0.529. The number of nitrogens with zero attached hydrogens (tertiary/aromatic N) is 3. The van der Waals surface area contributed by atoms with Crippen LogP contribution in [0.25, 0.3) is 10.9 Å². The molecule has 1 N–H and O–H groups in total. The molecule has 0 radical (unpaired) electrons. The molecule has 2 aromatic rings. The Morgan fingerprint density at radius 2 is 2.09 bits per heavy atom. The van der Waals surface area contributed by atoms with Crippen molar-refractivity contribution in [1.29, 1.82) is 0 Å². The molecule has 0 bridgehead atoms. The third-order valence-corrected chi connectivity index (χ3v) is 4.87. The molecule has 23 heavy (non-hydrogen) atoms. The third-order valence-electron chi connectivity index (χ3n) is 4.87. The lowest BCUT2D eigenvalue weighted by Gasteiger charge is -2.31. The fourth-order valence-corrected chi connectivity index (χ4v) is 3.57. The minimum atomic E-state index is -0.324. The van der Waals surface area contributed by atoms with Crippen molar-refractivity contribution < 1.29 is 9.53 Å². The van der Waals surface area contributed by atoms with Crippen molar-refractivity contribution in [3.63, 3.8) is 0 Å². The molecule has 1 aromatic carbocycles. The molecule has 122 valence electrons. The second-order valence-electron chi connectivity index (χ2n) is 6.81. The fourth-order valence-electron chi connectivity index (χ4n) is 3.57. The smallest absolute Gasteiger partial charge is 0.415 e. The van der Waals surface area contributed by atoms with Crippen molar-refractivity contribution in [3.05, 3.63) is 24.4 Å². The van der Waals surface area contributed by atoms with Crippen LogP contribution in [0.2, 0.25) is 0 Å². The second kappa shape index (κ2) is 5.23. The molecule has 0 aliphatic carbocycles. The highest BCUT2D eigenvalue weighted by Gasteiger charge is 2.46. The van der Waals surface area contributed by atoms with Gasteiger partial charge < -0.3 is 10.1 Å². The number of piperidine rings is 1. The summed E-state index contributed by atoms with van der Waals surface area (Å²) in [5.74, 6) is 0. The van der Waals surface area contributed by atoms with Gasteiger partial charge in [0.05, 0.1) is 18.3 Å². The van der Waals surface area contributed by atoms with Crippen molar-refractivity contribution in [2.45, 2.75) is 38.3 Å². The number of nitrogens with one attached hydrogen (secondary N) is 1. The highest BCUT2D eigenvalue weighted by molar-refractivity contribution is 5.93. The van der Waals surface area contributed by atoms with Gasteiger partial charge in [-0.25, -0.2) is 4.79 Å². The molecule has 3 heterocycles. The normalized spacial score (nSPS) is 20.7. The number of carbonyl (C=O) groups excluding carboxylic acids is 1. The Morgan fingerprint density at radius 1 is 1.30 bits per heavy atom. The highest BCUT2D eigenvalue weighted by atomic mass is 16.6. The molecule has 1 amide bonds. The average Bonchev–Trinajstić information content (AvgIpc) is 3.09. The molecule has 6 nitrogen and oxygen atoms in total. The molecule has 2 saturated heterocycles. The molecule has 0 saturated carbocycles. The van der Waals surface area contributed by atoms with E-state index in [0.29, 0.717) is 6.54 Å². The number of benzene rings is 1. The monoisotopic (exact) mass is 314 g/mol. The first-order valence-corrected chi connectivity index (χ1v) is 8.26. The molecule has 2 aliphatic rings. The summed E-state index contributed by atoms with van der Waals surface area (Å²) >= 11 is 0. The van der Waals surface area contributed by atoms with E-state index in [1.165, 1.54) is 0 Å². The molecule has 1 aromatic heterocycles. The lowest BCUT2D eigenvalue weighted by atomic mass is 9.92. The van der Waals surface area contributed by atoms with E-state index in [1.54, 1.807) is 4.90 Å². The number of amides is 1. The third kappa shape index (κ3) is 2.37. The van der Waals surface area contributed by atoms with Crippen LogP contribution in [-0.2, 0) is 4.74 Å². The summed E-state index contributed by atoms with van der Waals surface area (Å²) in [5.41, 5.74) is 1.62. The number of fused-ring (bicyclic) bond motifs is 1. The Morgan fingerprint density at radius 3 is 2.83 bits per heavy atom. The van der Waals surface area contributed by atoms with Crippen LogP contribution in [0.4, 0.5) is 10.5 Å². The number of carbonyl (C=O) groups is 1. The zero-order valence-corrected chi connectivity index (χ0v) is 13.6. The summed E-state index contributed by atoms with van der Waals surface area (Å²) in [6, 6.07) is 6.33. The van der Waals surface area contributed by atoms with Crippen molar-refractivity contribution in [1.82, 2.24) is 15.1 Å². The van der Waals surface area contributed by atoms with Gasteiger partial charge in [-0.3, -0.25) is 9.58 Å². The van der Waals surface area contributed by atoms with Gasteiger partial charge >= 0.3 is 6.09 Å². The maximum Gasteiger partial charge on any atom is 0.415 e. The number of ether oxygens (including phenoxy) is 1. The van der Waals surface area contributed by atoms with Gasteiger partial charge in [-0.1, -0.05) is 0 Å². The number of hydrogen-bond acceptors (Lipinski definition) is 4. The van der Waals surface area contributed by atoms with E-state index >= 15 is 0 Å². The molecule has 0 atom stereocenters. The number of hydrogen-bond donors (Lipinski definition) is 1. The Labute approximate surface area is 135 Å². The first-order chi connectivity index (χ1) is 11.1.